The van der Waals surface area contributed by atoms with Crippen LogP contribution in [0.3, 0.4) is 0 Å². The van der Waals surface area contributed by atoms with Gasteiger partial charge in [-0.1, -0.05) is 6.92 Å². The third kappa shape index (κ3) is 4.90. The lowest BCUT2D eigenvalue weighted by molar-refractivity contribution is 0.0785. The van der Waals surface area contributed by atoms with E-state index >= 15 is 0 Å². The first-order valence-corrected chi connectivity index (χ1v) is 11.8. The second kappa shape index (κ2) is 10.2. The van der Waals surface area contributed by atoms with Gasteiger partial charge in [-0.3, -0.25) is 4.98 Å². The number of hydrogen-bond acceptors (Lipinski definition) is 9. The van der Waals surface area contributed by atoms with Gasteiger partial charge in [-0.25, -0.2) is 13.8 Å². The van der Waals surface area contributed by atoms with E-state index in [4.69, 9.17) is 15.6 Å². The molecule has 0 bridgehead atoms. The Morgan fingerprint density at radius 2 is 1.95 bits per heavy atom. The van der Waals surface area contributed by atoms with E-state index in [-0.39, 0.29) is 36.1 Å². The molecule has 1 aromatic carbocycles. The van der Waals surface area contributed by atoms with Crippen molar-refractivity contribution in [1.29, 1.82) is 0 Å². The van der Waals surface area contributed by atoms with Gasteiger partial charge >= 0.3 is 0 Å². The average molecular weight is 512 g/mol. The predicted molar refractivity (Wildman–Crippen MR) is 134 cm³/mol. The van der Waals surface area contributed by atoms with Crippen LogP contribution in [0.15, 0.2) is 48.9 Å². The lowest BCUT2D eigenvalue weighted by Gasteiger charge is -2.40. The number of halogens is 2. The van der Waals surface area contributed by atoms with Gasteiger partial charge in [0, 0.05) is 43.4 Å². The smallest absolute Gasteiger partial charge is 0.229 e. The van der Waals surface area contributed by atoms with Crippen LogP contribution >= 0.6 is 0 Å². The molecule has 5 N–H and O–H groups in total. The number of fused-ring (bicyclic) bond motifs is 1. The number of rotatable bonds is 7. The zero-order valence-corrected chi connectivity index (χ0v) is 20.1. The minimum absolute atomic E-state index is 0.0218. The largest absolute Gasteiger partial charge is 0.491 e. The van der Waals surface area contributed by atoms with Crippen molar-refractivity contribution < 1.29 is 23.7 Å². The molecule has 4 heterocycles. The highest BCUT2D eigenvalue weighted by Gasteiger charge is 2.32. The number of ether oxygens (including phenoxy) is 1. The molecule has 0 radical (unpaired) electrons. The summed E-state index contributed by atoms with van der Waals surface area (Å²) in [6.45, 7) is 2.66. The highest BCUT2D eigenvalue weighted by atomic mass is 19.1. The summed E-state index contributed by atoms with van der Waals surface area (Å²) in [7, 11) is 0. The summed E-state index contributed by atoms with van der Waals surface area (Å²) in [5.74, 6) is -1.42. The minimum atomic E-state index is -0.846. The van der Waals surface area contributed by atoms with Crippen LogP contribution < -0.4 is 20.7 Å². The molecule has 10 nitrogen and oxygen atoms in total. The highest BCUT2D eigenvalue weighted by Crippen LogP contribution is 2.32. The Morgan fingerprint density at radius 3 is 2.68 bits per heavy atom. The molecule has 194 valence electrons. The van der Waals surface area contributed by atoms with Crippen molar-refractivity contribution in [3.05, 3.63) is 60.6 Å². The molecule has 3 unspecified atom stereocenters. The van der Waals surface area contributed by atoms with Gasteiger partial charge in [-0.2, -0.15) is 9.61 Å². The number of pyridine rings is 1. The number of aliphatic hydroxyl groups is 2. The zero-order valence-electron chi connectivity index (χ0n) is 20.1. The first-order chi connectivity index (χ1) is 17.9. The van der Waals surface area contributed by atoms with Crippen LogP contribution in [-0.4, -0.2) is 68.2 Å². The maximum absolute atomic E-state index is 14.8. The lowest BCUT2D eigenvalue weighted by Crippen LogP contribution is -2.55. The summed E-state index contributed by atoms with van der Waals surface area (Å²) >= 11 is 0. The first kappa shape index (κ1) is 24.8. The first-order valence-electron chi connectivity index (χ1n) is 11.8. The summed E-state index contributed by atoms with van der Waals surface area (Å²) in [5, 5.41) is 26.8. The SMILES string of the molecule is CC1CN(c2ccncc2Nc2ncc3ccc(-c4c(F)cc(OCCO)cc4F)nn23)CC(N)C1O. The molecule has 4 aromatic rings. The fraction of sp³-hybridized carbons (Fsp3) is 0.320. The normalized spacial score (nSPS) is 19.8. The molecule has 0 aliphatic carbocycles. The molecular formula is C25H27F2N7O3. The van der Waals surface area contributed by atoms with E-state index in [0.717, 1.165) is 17.8 Å². The summed E-state index contributed by atoms with van der Waals surface area (Å²) in [6, 6.07) is 6.72. The van der Waals surface area contributed by atoms with Gasteiger partial charge in [0.15, 0.2) is 0 Å². The number of nitrogens with two attached hydrogens (primary N) is 1. The molecular weight excluding hydrogens is 484 g/mol. The lowest BCUT2D eigenvalue weighted by atomic mass is 9.92. The van der Waals surface area contributed by atoms with Gasteiger partial charge in [0.25, 0.3) is 0 Å². The van der Waals surface area contributed by atoms with Crippen LogP contribution in [0.25, 0.3) is 16.8 Å². The van der Waals surface area contributed by atoms with Gasteiger partial charge in [0.05, 0.1) is 53.3 Å². The fourth-order valence-electron chi connectivity index (χ4n) is 4.53. The van der Waals surface area contributed by atoms with E-state index in [0.29, 0.717) is 30.2 Å². The Bertz CT molecular complexity index is 1380. The van der Waals surface area contributed by atoms with Crippen LogP contribution in [0.5, 0.6) is 5.75 Å². The Balaban J connectivity index is 1.47. The fourth-order valence-corrected chi connectivity index (χ4v) is 4.53. The van der Waals surface area contributed by atoms with E-state index in [2.05, 4.69) is 25.3 Å². The number of nitrogens with zero attached hydrogens (tertiary/aromatic N) is 5. The average Bonchev–Trinajstić information content (AvgIpc) is 3.27. The molecule has 37 heavy (non-hydrogen) atoms. The molecule has 0 amide bonds. The Hall–Kier alpha value is -3.87. The van der Waals surface area contributed by atoms with E-state index in [1.807, 2.05) is 13.0 Å². The number of aromatic nitrogens is 4. The van der Waals surface area contributed by atoms with E-state index in [1.165, 1.54) is 10.6 Å². The molecule has 1 fully saturated rings. The number of nitrogens with one attached hydrogen (secondary N) is 1. The Morgan fingerprint density at radius 1 is 1.16 bits per heavy atom. The number of aliphatic hydroxyl groups excluding tert-OH is 2. The van der Waals surface area contributed by atoms with E-state index in [1.54, 1.807) is 24.7 Å². The maximum Gasteiger partial charge on any atom is 0.229 e. The summed E-state index contributed by atoms with van der Waals surface area (Å²) in [6.07, 6.45) is 4.32. The molecule has 0 saturated carbocycles. The van der Waals surface area contributed by atoms with Gasteiger partial charge in [0.1, 0.15) is 24.0 Å². The van der Waals surface area contributed by atoms with Crippen molar-refractivity contribution in [2.45, 2.75) is 19.1 Å². The summed E-state index contributed by atoms with van der Waals surface area (Å²) in [4.78, 5) is 10.7. The molecule has 0 spiro atoms. The second-order valence-electron chi connectivity index (χ2n) is 9.03. The van der Waals surface area contributed by atoms with Crippen molar-refractivity contribution in [3.8, 4) is 17.0 Å². The van der Waals surface area contributed by atoms with Crippen LogP contribution in [0, 0.1) is 17.6 Å². The van der Waals surface area contributed by atoms with Gasteiger partial charge in [-0.15, -0.1) is 0 Å². The Kier molecular flexibility index (Phi) is 6.87. The van der Waals surface area contributed by atoms with Gasteiger partial charge < -0.3 is 30.9 Å². The van der Waals surface area contributed by atoms with E-state index < -0.39 is 23.8 Å². The number of hydrogen-bond donors (Lipinski definition) is 4. The van der Waals surface area contributed by atoms with Crippen LogP contribution in [-0.2, 0) is 0 Å². The van der Waals surface area contributed by atoms with Gasteiger partial charge in [-0.05, 0) is 18.2 Å². The molecule has 1 aliphatic rings. The molecule has 5 rings (SSSR count). The van der Waals surface area contributed by atoms with Crippen molar-refractivity contribution in [2.24, 2.45) is 11.7 Å². The van der Waals surface area contributed by atoms with Gasteiger partial charge in [0.2, 0.25) is 5.95 Å². The number of anilines is 3. The van der Waals surface area contributed by atoms with Crippen molar-refractivity contribution in [1.82, 2.24) is 19.6 Å². The second-order valence-corrected chi connectivity index (χ2v) is 9.03. The number of piperidine rings is 1. The third-order valence-corrected chi connectivity index (χ3v) is 6.36. The summed E-state index contributed by atoms with van der Waals surface area (Å²) in [5.41, 5.74) is 7.98. The Labute approximate surface area is 211 Å². The van der Waals surface area contributed by atoms with Crippen LogP contribution in [0.2, 0.25) is 0 Å². The van der Waals surface area contributed by atoms with E-state index in [9.17, 15) is 13.9 Å². The van der Waals surface area contributed by atoms with Crippen molar-refractivity contribution >= 4 is 22.8 Å². The highest BCUT2D eigenvalue weighted by molar-refractivity contribution is 5.74. The van der Waals surface area contributed by atoms with Crippen LogP contribution in [0.4, 0.5) is 26.1 Å². The third-order valence-electron chi connectivity index (χ3n) is 6.36. The monoisotopic (exact) mass is 511 g/mol. The molecule has 12 heteroatoms. The minimum Gasteiger partial charge on any atom is -0.491 e. The van der Waals surface area contributed by atoms with Crippen LogP contribution in [0.1, 0.15) is 6.92 Å². The maximum atomic E-state index is 14.8. The molecule has 3 aromatic heterocycles. The number of imidazole rings is 1. The number of benzene rings is 1. The van der Waals surface area contributed by atoms with Crippen molar-refractivity contribution in [2.75, 3.05) is 36.5 Å². The standard InChI is InChI=1S/C25H27F2N7O3/c1-14-12-33(13-19(28)24(14)36)22-4-5-29-11-21(22)31-25-30-10-15-2-3-20(32-34(15)25)23-17(26)8-16(9-18(23)27)37-7-6-35/h2-5,8-11,14,19,24,35-36H,6-7,12-13,28H2,1H3,(H,30,31). The zero-order chi connectivity index (χ0) is 26.1. The van der Waals surface area contributed by atoms with Crippen molar-refractivity contribution in [3.63, 3.8) is 0 Å². The molecule has 1 saturated heterocycles. The summed E-state index contributed by atoms with van der Waals surface area (Å²) < 4.78 is 36.3. The predicted octanol–water partition coefficient (Wildman–Crippen LogP) is 2.33. The topological polar surface area (TPSA) is 134 Å². The molecule has 3 atom stereocenters. The quantitative estimate of drug-likeness (QED) is 0.295. The molecule has 1 aliphatic heterocycles.